The molecule has 0 radical (unpaired) electrons. The highest BCUT2D eigenvalue weighted by molar-refractivity contribution is 6.08. The van der Waals surface area contributed by atoms with Crippen LogP contribution >= 0.6 is 0 Å². The second kappa shape index (κ2) is 9.02. The second-order valence-corrected chi connectivity index (χ2v) is 8.27. The summed E-state index contributed by atoms with van der Waals surface area (Å²) in [6, 6.07) is 23.5. The Morgan fingerprint density at radius 2 is 1.79 bits per heavy atom. The van der Waals surface area contributed by atoms with Crippen molar-refractivity contribution in [2.24, 2.45) is 5.92 Å². The van der Waals surface area contributed by atoms with Gasteiger partial charge in [0.05, 0.1) is 23.7 Å². The number of aromatic hydroxyl groups is 1. The van der Waals surface area contributed by atoms with Crippen LogP contribution in [0.25, 0.3) is 11.0 Å². The van der Waals surface area contributed by atoms with E-state index in [-0.39, 0.29) is 18.3 Å². The molecule has 1 aliphatic rings. The van der Waals surface area contributed by atoms with E-state index in [9.17, 15) is 14.7 Å². The van der Waals surface area contributed by atoms with Gasteiger partial charge in [0.15, 0.2) is 5.92 Å². The maximum atomic E-state index is 13.9. The molecule has 0 saturated heterocycles. The fourth-order valence-electron chi connectivity index (χ4n) is 4.65. The van der Waals surface area contributed by atoms with Crippen molar-refractivity contribution in [3.63, 3.8) is 0 Å². The van der Waals surface area contributed by atoms with E-state index >= 15 is 0 Å². The number of esters is 1. The van der Waals surface area contributed by atoms with Crippen LogP contribution < -0.4 is 4.90 Å². The normalized spacial score (nSPS) is 17.6. The fourth-order valence-corrected chi connectivity index (χ4v) is 4.65. The molecule has 2 heterocycles. The van der Waals surface area contributed by atoms with Crippen LogP contribution in [0.1, 0.15) is 24.1 Å². The number of hydrogen-bond acceptors (Lipinski definition) is 5. The first-order valence-electron chi connectivity index (χ1n) is 11.4. The van der Waals surface area contributed by atoms with E-state index in [0.29, 0.717) is 24.5 Å². The first kappa shape index (κ1) is 21.7. The van der Waals surface area contributed by atoms with Crippen molar-refractivity contribution in [3.8, 4) is 5.75 Å². The number of nitrogens with zero attached hydrogens (tertiary/aromatic N) is 3. The SMILES string of the molecule is CCOC(=O)[C@@H]1C(=O)N(CCc2ccccc2)c2nc3ccccc3n2[C@H]1c1cccc(O)c1. The molecule has 0 aliphatic carbocycles. The minimum atomic E-state index is -1.11. The number of amides is 1. The van der Waals surface area contributed by atoms with Crippen LogP contribution in [0.4, 0.5) is 5.95 Å². The number of phenolic OH excluding ortho intramolecular Hbond substituents is 1. The summed E-state index contributed by atoms with van der Waals surface area (Å²) in [5.74, 6) is -1.51. The van der Waals surface area contributed by atoms with Crippen LogP contribution in [0.15, 0.2) is 78.9 Å². The molecular weight excluding hydrogens is 430 g/mol. The molecule has 2 atom stereocenters. The van der Waals surface area contributed by atoms with Crippen molar-refractivity contribution in [2.45, 2.75) is 19.4 Å². The van der Waals surface area contributed by atoms with Crippen LogP contribution in [0.5, 0.6) is 5.75 Å². The van der Waals surface area contributed by atoms with E-state index in [0.717, 1.165) is 16.6 Å². The number of aromatic nitrogens is 2. The van der Waals surface area contributed by atoms with Gasteiger partial charge in [-0.15, -0.1) is 0 Å². The highest BCUT2D eigenvalue weighted by Crippen LogP contribution is 2.41. The third-order valence-corrected chi connectivity index (χ3v) is 6.16. The lowest BCUT2D eigenvalue weighted by Crippen LogP contribution is -2.50. The number of ether oxygens (including phenoxy) is 1. The van der Waals surface area contributed by atoms with Gasteiger partial charge in [-0.05, 0) is 48.7 Å². The lowest BCUT2D eigenvalue weighted by Gasteiger charge is -2.38. The summed E-state index contributed by atoms with van der Waals surface area (Å²) < 4.78 is 7.29. The standard InChI is InChI=1S/C27H25N3O4/c1-2-34-26(33)23-24(19-11-8-12-20(31)17-19)30-22-14-7-6-13-21(22)28-27(30)29(25(23)32)16-15-18-9-4-3-5-10-18/h3-14,17,23-24,31H,2,15-16H2,1H3/t23-,24-/m0/s1. The average molecular weight is 456 g/mol. The Balaban J connectivity index is 1.69. The van der Waals surface area contributed by atoms with Crippen molar-refractivity contribution in [1.82, 2.24) is 9.55 Å². The largest absolute Gasteiger partial charge is 0.508 e. The molecule has 5 rings (SSSR count). The van der Waals surface area contributed by atoms with Gasteiger partial charge in [0.25, 0.3) is 0 Å². The van der Waals surface area contributed by atoms with Gasteiger partial charge in [-0.25, -0.2) is 4.98 Å². The molecule has 34 heavy (non-hydrogen) atoms. The van der Waals surface area contributed by atoms with Crippen molar-refractivity contribution in [2.75, 3.05) is 18.1 Å². The Morgan fingerprint density at radius 3 is 2.56 bits per heavy atom. The number of anilines is 1. The summed E-state index contributed by atoms with van der Waals surface area (Å²) in [4.78, 5) is 33.5. The quantitative estimate of drug-likeness (QED) is 0.350. The topological polar surface area (TPSA) is 84.7 Å². The van der Waals surface area contributed by atoms with Gasteiger partial charge in [0.2, 0.25) is 11.9 Å². The smallest absolute Gasteiger partial charge is 0.321 e. The highest BCUT2D eigenvalue weighted by atomic mass is 16.5. The highest BCUT2D eigenvalue weighted by Gasteiger charge is 2.47. The molecule has 0 unspecified atom stereocenters. The van der Waals surface area contributed by atoms with E-state index in [4.69, 9.17) is 9.72 Å². The Morgan fingerprint density at radius 1 is 1.03 bits per heavy atom. The van der Waals surface area contributed by atoms with Gasteiger partial charge in [-0.2, -0.15) is 0 Å². The predicted octanol–water partition coefficient (Wildman–Crippen LogP) is 4.10. The van der Waals surface area contributed by atoms with E-state index in [1.165, 1.54) is 0 Å². The van der Waals surface area contributed by atoms with Crippen molar-refractivity contribution >= 4 is 28.9 Å². The zero-order valence-electron chi connectivity index (χ0n) is 18.8. The molecule has 3 aromatic carbocycles. The zero-order chi connectivity index (χ0) is 23.7. The number of fused-ring (bicyclic) bond motifs is 3. The third-order valence-electron chi connectivity index (χ3n) is 6.16. The summed E-state index contributed by atoms with van der Waals surface area (Å²) >= 11 is 0. The number of benzene rings is 3. The summed E-state index contributed by atoms with van der Waals surface area (Å²) in [5.41, 5.74) is 3.25. The van der Waals surface area contributed by atoms with Crippen molar-refractivity contribution in [1.29, 1.82) is 0 Å². The van der Waals surface area contributed by atoms with Crippen LogP contribution in [0.2, 0.25) is 0 Å². The number of para-hydroxylation sites is 2. The van der Waals surface area contributed by atoms with Crippen LogP contribution in [-0.2, 0) is 20.7 Å². The van der Waals surface area contributed by atoms with Crippen LogP contribution in [0.3, 0.4) is 0 Å². The molecular formula is C27H25N3O4. The van der Waals surface area contributed by atoms with Crippen LogP contribution in [0, 0.1) is 5.92 Å². The first-order chi connectivity index (χ1) is 16.6. The first-order valence-corrected chi connectivity index (χ1v) is 11.4. The van der Waals surface area contributed by atoms with Crippen LogP contribution in [-0.4, -0.2) is 39.7 Å². The number of rotatable bonds is 6. The average Bonchev–Trinajstić information content (AvgIpc) is 3.22. The number of hydrogen-bond donors (Lipinski definition) is 1. The Labute approximate surface area is 197 Å². The number of carbonyl (C=O) groups excluding carboxylic acids is 2. The molecule has 7 heteroatoms. The fraction of sp³-hybridized carbons (Fsp3) is 0.222. The zero-order valence-corrected chi connectivity index (χ0v) is 18.8. The number of imidazole rings is 1. The van der Waals surface area contributed by atoms with E-state index < -0.39 is 17.9 Å². The third kappa shape index (κ3) is 3.79. The predicted molar refractivity (Wildman–Crippen MR) is 129 cm³/mol. The Kier molecular flexibility index (Phi) is 5.76. The molecule has 4 aromatic rings. The Hall–Kier alpha value is -4.13. The van der Waals surface area contributed by atoms with Gasteiger partial charge in [0.1, 0.15) is 5.75 Å². The van der Waals surface area contributed by atoms with Crippen molar-refractivity contribution in [3.05, 3.63) is 90.0 Å². The van der Waals surface area contributed by atoms with E-state index in [2.05, 4.69) is 0 Å². The molecule has 0 spiro atoms. The maximum absolute atomic E-state index is 13.9. The lowest BCUT2D eigenvalue weighted by molar-refractivity contribution is -0.153. The summed E-state index contributed by atoms with van der Waals surface area (Å²) in [7, 11) is 0. The summed E-state index contributed by atoms with van der Waals surface area (Å²) in [6.45, 7) is 2.26. The van der Waals surface area contributed by atoms with Gasteiger partial charge in [-0.1, -0.05) is 54.6 Å². The summed E-state index contributed by atoms with van der Waals surface area (Å²) in [6.07, 6.45) is 0.613. The van der Waals surface area contributed by atoms with Gasteiger partial charge in [0, 0.05) is 6.54 Å². The number of carbonyl (C=O) groups is 2. The van der Waals surface area contributed by atoms with E-state index in [1.54, 1.807) is 30.0 Å². The molecule has 0 fully saturated rings. The molecule has 0 bridgehead atoms. The molecule has 1 N–H and O–H groups in total. The Bertz CT molecular complexity index is 1350. The summed E-state index contributed by atoms with van der Waals surface area (Å²) in [5, 5.41) is 10.2. The van der Waals surface area contributed by atoms with E-state index in [1.807, 2.05) is 65.2 Å². The molecule has 172 valence electrons. The molecule has 7 nitrogen and oxygen atoms in total. The molecule has 1 amide bonds. The molecule has 1 aromatic heterocycles. The van der Waals surface area contributed by atoms with Gasteiger partial charge >= 0.3 is 5.97 Å². The minimum absolute atomic E-state index is 0.0602. The lowest BCUT2D eigenvalue weighted by atomic mass is 9.89. The molecule has 0 saturated carbocycles. The maximum Gasteiger partial charge on any atom is 0.321 e. The second-order valence-electron chi connectivity index (χ2n) is 8.27. The van der Waals surface area contributed by atoms with Gasteiger partial charge in [-0.3, -0.25) is 14.5 Å². The van der Waals surface area contributed by atoms with Crippen molar-refractivity contribution < 1.29 is 19.4 Å². The number of phenols is 1. The minimum Gasteiger partial charge on any atom is -0.508 e. The molecule has 1 aliphatic heterocycles. The van der Waals surface area contributed by atoms with Gasteiger partial charge < -0.3 is 14.4 Å². The monoisotopic (exact) mass is 455 g/mol.